The molecule has 2 saturated heterocycles. The summed E-state index contributed by atoms with van der Waals surface area (Å²) in [5.74, 6) is 0.427. The molecule has 3 rings (SSSR count). The number of carbonyl (C=O) groups is 2. The predicted molar refractivity (Wildman–Crippen MR) is 71.7 cm³/mol. The summed E-state index contributed by atoms with van der Waals surface area (Å²) in [6, 6.07) is 3.26. The maximum Gasteiger partial charge on any atom is 0.407 e. The number of halogens is 1. The van der Waals surface area contributed by atoms with Crippen LogP contribution in [0.4, 0.5) is 4.79 Å². The van der Waals surface area contributed by atoms with Gasteiger partial charge in [-0.2, -0.15) is 0 Å². The first-order valence-corrected chi connectivity index (χ1v) is 6.81. The van der Waals surface area contributed by atoms with E-state index in [1.165, 1.54) is 11.1 Å². The zero-order valence-electron chi connectivity index (χ0n) is 10.7. The van der Waals surface area contributed by atoms with Gasteiger partial charge in [0.05, 0.1) is 5.56 Å². The molecule has 0 bridgehead atoms. The molecule has 0 radical (unpaired) electrons. The summed E-state index contributed by atoms with van der Waals surface area (Å²) in [7, 11) is 0. The molecule has 1 aromatic rings. The van der Waals surface area contributed by atoms with Crippen LogP contribution in [0.2, 0.25) is 5.15 Å². The highest BCUT2D eigenvalue weighted by molar-refractivity contribution is 6.29. The number of amides is 2. The van der Waals surface area contributed by atoms with Crippen molar-refractivity contribution in [1.29, 1.82) is 0 Å². The third-order valence-electron chi connectivity index (χ3n) is 4.02. The van der Waals surface area contributed by atoms with Gasteiger partial charge in [0.25, 0.3) is 5.91 Å². The van der Waals surface area contributed by atoms with Gasteiger partial charge < -0.3 is 14.9 Å². The second kappa shape index (κ2) is 4.94. The molecular weight excluding hydrogens is 282 g/mol. The molecule has 3 heterocycles. The second-order valence-electron chi connectivity index (χ2n) is 5.29. The van der Waals surface area contributed by atoms with E-state index in [0.29, 0.717) is 36.9 Å². The SMILES string of the molecule is O=C(O)N1CC2CN(C(=O)c3ccc(Cl)nc3)CC2C1. The Bertz CT molecular complexity index is 534. The van der Waals surface area contributed by atoms with Gasteiger partial charge in [0, 0.05) is 44.2 Å². The van der Waals surface area contributed by atoms with Crippen LogP contribution in [0.1, 0.15) is 10.4 Å². The van der Waals surface area contributed by atoms with Crippen molar-refractivity contribution in [3.8, 4) is 0 Å². The minimum absolute atomic E-state index is 0.0644. The molecule has 2 atom stereocenters. The Morgan fingerprint density at radius 1 is 1.15 bits per heavy atom. The van der Waals surface area contributed by atoms with Crippen LogP contribution < -0.4 is 0 Å². The quantitative estimate of drug-likeness (QED) is 0.795. The standard InChI is InChI=1S/C13H14ClN3O3/c14-11-2-1-8(3-15-11)12(18)16-4-9-6-17(13(19)20)7-10(9)5-16/h1-3,9-10H,4-7H2,(H,19,20). The van der Waals surface area contributed by atoms with Crippen LogP contribution in [0.15, 0.2) is 18.3 Å². The summed E-state index contributed by atoms with van der Waals surface area (Å²) in [5.41, 5.74) is 0.518. The summed E-state index contributed by atoms with van der Waals surface area (Å²) in [6.07, 6.45) is 0.599. The van der Waals surface area contributed by atoms with E-state index in [4.69, 9.17) is 16.7 Å². The number of likely N-dealkylation sites (tertiary alicyclic amines) is 2. The first-order chi connectivity index (χ1) is 9.54. The van der Waals surface area contributed by atoms with Crippen molar-refractivity contribution in [3.05, 3.63) is 29.0 Å². The number of nitrogens with zero attached hydrogens (tertiary/aromatic N) is 3. The Kier molecular flexibility index (Phi) is 3.25. The molecule has 0 spiro atoms. The molecule has 20 heavy (non-hydrogen) atoms. The fourth-order valence-corrected chi connectivity index (χ4v) is 3.11. The number of pyridine rings is 1. The molecule has 2 unspecified atom stereocenters. The van der Waals surface area contributed by atoms with Gasteiger partial charge in [0.2, 0.25) is 0 Å². The average Bonchev–Trinajstić information content (AvgIpc) is 2.96. The van der Waals surface area contributed by atoms with Crippen LogP contribution in [0, 0.1) is 11.8 Å². The summed E-state index contributed by atoms with van der Waals surface area (Å²) in [5, 5.41) is 9.33. The van der Waals surface area contributed by atoms with Gasteiger partial charge in [-0.25, -0.2) is 9.78 Å². The Hall–Kier alpha value is -1.82. The monoisotopic (exact) mass is 295 g/mol. The predicted octanol–water partition coefficient (Wildman–Crippen LogP) is 1.42. The van der Waals surface area contributed by atoms with Crippen LogP contribution in [-0.4, -0.2) is 58.1 Å². The van der Waals surface area contributed by atoms with E-state index in [9.17, 15) is 9.59 Å². The van der Waals surface area contributed by atoms with Crippen molar-refractivity contribution < 1.29 is 14.7 Å². The lowest BCUT2D eigenvalue weighted by Crippen LogP contribution is -2.35. The molecule has 2 aliphatic rings. The molecule has 7 heteroatoms. The largest absolute Gasteiger partial charge is 0.465 e. The molecule has 2 fully saturated rings. The van der Waals surface area contributed by atoms with Crippen molar-refractivity contribution in [2.45, 2.75) is 0 Å². The molecular formula is C13H14ClN3O3. The first-order valence-electron chi connectivity index (χ1n) is 6.43. The lowest BCUT2D eigenvalue weighted by atomic mass is 10.0. The van der Waals surface area contributed by atoms with E-state index in [1.54, 1.807) is 17.0 Å². The number of rotatable bonds is 1. The first kappa shape index (κ1) is 13.2. The van der Waals surface area contributed by atoms with E-state index < -0.39 is 6.09 Å². The molecule has 2 aliphatic heterocycles. The Morgan fingerprint density at radius 2 is 1.75 bits per heavy atom. The van der Waals surface area contributed by atoms with Crippen LogP contribution in [0.25, 0.3) is 0 Å². The summed E-state index contributed by atoms with van der Waals surface area (Å²) in [4.78, 5) is 30.4. The maximum absolute atomic E-state index is 12.3. The molecule has 6 nitrogen and oxygen atoms in total. The normalized spacial score (nSPS) is 24.9. The smallest absolute Gasteiger partial charge is 0.407 e. The van der Waals surface area contributed by atoms with Gasteiger partial charge >= 0.3 is 6.09 Å². The number of hydrogen-bond donors (Lipinski definition) is 1. The zero-order chi connectivity index (χ0) is 14.3. The summed E-state index contributed by atoms with van der Waals surface area (Å²) < 4.78 is 0. The van der Waals surface area contributed by atoms with Gasteiger partial charge in [-0.05, 0) is 12.1 Å². The highest BCUT2D eigenvalue weighted by atomic mass is 35.5. The molecule has 1 aromatic heterocycles. The van der Waals surface area contributed by atoms with Crippen LogP contribution >= 0.6 is 11.6 Å². The summed E-state index contributed by atoms with van der Waals surface area (Å²) >= 11 is 5.70. The highest BCUT2D eigenvalue weighted by Crippen LogP contribution is 2.31. The number of hydrogen-bond acceptors (Lipinski definition) is 3. The summed E-state index contributed by atoms with van der Waals surface area (Å²) in [6.45, 7) is 2.25. The number of carbonyl (C=O) groups excluding carboxylic acids is 1. The molecule has 2 amide bonds. The van der Waals surface area contributed by atoms with Gasteiger partial charge in [0.1, 0.15) is 5.15 Å². The maximum atomic E-state index is 12.3. The molecule has 106 valence electrons. The topological polar surface area (TPSA) is 73.7 Å². The third-order valence-corrected chi connectivity index (χ3v) is 4.24. The van der Waals surface area contributed by atoms with Crippen molar-refractivity contribution in [2.24, 2.45) is 11.8 Å². The second-order valence-corrected chi connectivity index (χ2v) is 5.67. The fourth-order valence-electron chi connectivity index (χ4n) is 3.00. The van der Waals surface area contributed by atoms with Gasteiger partial charge in [-0.1, -0.05) is 11.6 Å². The van der Waals surface area contributed by atoms with Gasteiger partial charge in [0.15, 0.2) is 0 Å². The number of aromatic nitrogens is 1. The Balaban J connectivity index is 1.66. The van der Waals surface area contributed by atoms with Crippen LogP contribution in [0.5, 0.6) is 0 Å². The van der Waals surface area contributed by atoms with Gasteiger partial charge in [-0.15, -0.1) is 0 Å². The minimum atomic E-state index is -0.876. The third kappa shape index (κ3) is 2.31. The van der Waals surface area contributed by atoms with E-state index in [-0.39, 0.29) is 17.7 Å². The van der Waals surface area contributed by atoms with Crippen molar-refractivity contribution in [3.63, 3.8) is 0 Å². The minimum Gasteiger partial charge on any atom is -0.465 e. The lowest BCUT2D eigenvalue weighted by molar-refractivity contribution is 0.0774. The fraction of sp³-hybridized carbons (Fsp3) is 0.462. The zero-order valence-corrected chi connectivity index (χ0v) is 11.5. The molecule has 0 aliphatic carbocycles. The molecule has 0 aromatic carbocycles. The van der Waals surface area contributed by atoms with Crippen LogP contribution in [0.3, 0.4) is 0 Å². The molecule has 0 saturated carbocycles. The number of fused-ring (bicyclic) bond motifs is 1. The highest BCUT2D eigenvalue weighted by Gasteiger charge is 2.43. The Morgan fingerprint density at radius 3 is 2.25 bits per heavy atom. The average molecular weight is 296 g/mol. The molecule has 1 N–H and O–H groups in total. The van der Waals surface area contributed by atoms with E-state index >= 15 is 0 Å². The van der Waals surface area contributed by atoms with Crippen molar-refractivity contribution >= 4 is 23.6 Å². The number of carboxylic acid groups (broad SMARTS) is 1. The lowest BCUT2D eigenvalue weighted by Gasteiger charge is -2.20. The van der Waals surface area contributed by atoms with E-state index in [0.717, 1.165) is 0 Å². The van der Waals surface area contributed by atoms with E-state index in [2.05, 4.69) is 4.98 Å². The van der Waals surface area contributed by atoms with Crippen molar-refractivity contribution in [2.75, 3.05) is 26.2 Å². The van der Waals surface area contributed by atoms with Crippen LogP contribution in [-0.2, 0) is 0 Å². The van der Waals surface area contributed by atoms with E-state index in [1.807, 2.05) is 0 Å². The Labute approximate surface area is 120 Å². The van der Waals surface area contributed by atoms with Crippen molar-refractivity contribution in [1.82, 2.24) is 14.8 Å². The van der Waals surface area contributed by atoms with Gasteiger partial charge in [-0.3, -0.25) is 4.79 Å².